The highest BCUT2D eigenvalue weighted by atomic mass is 35.5. The SMILES string of the molecule is COc1ccc(C2=NN3[C@@H](c4ccccc4Cl)Oc4ccccc4[C@@H]3C2)cc1. The maximum Gasteiger partial charge on any atom is 0.215 e. The number of hydrogen-bond donors (Lipinski definition) is 0. The van der Waals surface area contributed by atoms with Crippen LogP contribution in [-0.2, 0) is 0 Å². The lowest BCUT2D eigenvalue weighted by atomic mass is 9.96. The Hall–Kier alpha value is -2.98. The van der Waals surface area contributed by atoms with Crippen molar-refractivity contribution in [1.82, 2.24) is 5.01 Å². The number of benzene rings is 3. The Morgan fingerprint density at radius 2 is 1.68 bits per heavy atom. The van der Waals surface area contributed by atoms with E-state index in [1.165, 1.54) is 0 Å². The summed E-state index contributed by atoms with van der Waals surface area (Å²) in [5.74, 6) is 1.72. The van der Waals surface area contributed by atoms with Crippen LogP contribution >= 0.6 is 11.6 Å². The van der Waals surface area contributed by atoms with Crippen molar-refractivity contribution in [3.8, 4) is 11.5 Å². The quantitative estimate of drug-likeness (QED) is 0.584. The van der Waals surface area contributed by atoms with Crippen LogP contribution in [0.4, 0.5) is 0 Å². The zero-order valence-electron chi connectivity index (χ0n) is 15.4. The fourth-order valence-electron chi connectivity index (χ4n) is 3.87. The zero-order valence-corrected chi connectivity index (χ0v) is 16.1. The van der Waals surface area contributed by atoms with Crippen LogP contribution in [0.2, 0.25) is 5.02 Å². The summed E-state index contributed by atoms with van der Waals surface area (Å²) in [5, 5.41) is 7.68. The third-order valence-electron chi connectivity index (χ3n) is 5.29. The lowest BCUT2D eigenvalue weighted by Gasteiger charge is -2.38. The van der Waals surface area contributed by atoms with Gasteiger partial charge in [0, 0.05) is 22.6 Å². The molecule has 3 aromatic rings. The van der Waals surface area contributed by atoms with Crippen molar-refractivity contribution in [2.45, 2.75) is 18.7 Å². The molecule has 0 aliphatic carbocycles. The Balaban J connectivity index is 1.58. The summed E-state index contributed by atoms with van der Waals surface area (Å²) in [7, 11) is 1.67. The first-order chi connectivity index (χ1) is 13.7. The van der Waals surface area contributed by atoms with Crippen molar-refractivity contribution in [1.29, 1.82) is 0 Å². The second-order valence-corrected chi connectivity index (χ2v) is 7.31. The van der Waals surface area contributed by atoms with Gasteiger partial charge in [0.2, 0.25) is 6.23 Å². The molecule has 0 bridgehead atoms. The predicted molar refractivity (Wildman–Crippen MR) is 110 cm³/mol. The van der Waals surface area contributed by atoms with Gasteiger partial charge < -0.3 is 9.47 Å². The van der Waals surface area contributed by atoms with E-state index < -0.39 is 0 Å². The van der Waals surface area contributed by atoms with E-state index in [9.17, 15) is 0 Å². The highest BCUT2D eigenvalue weighted by Gasteiger charge is 2.41. The first-order valence-corrected chi connectivity index (χ1v) is 9.62. The van der Waals surface area contributed by atoms with Crippen molar-refractivity contribution >= 4 is 17.3 Å². The lowest BCUT2D eigenvalue weighted by Crippen LogP contribution is -2.33. The molecule has 4 nitrogen and oxygen atoms in total. The first-order valence-electron chi connectivity index (χ1n) is 9.25. The molecule has 0 saturated heterocycles. The van der Waals surface area contributed by atoms with Gasteiger partial charge in [-0.3, -0.25) is 0 Å². The molecule has 2 aliphatic rings. The Kier molecular flexibility index (Phi) is 4.21. The summed E-state index contributed by atoms with van der Waals surface area (Å²) in [4.78, 5) is 0. The molecule has 140 valence electrons. The van der Waals surface area contributed by atoms with Crippen LogP contribution < -0.4 is 9.47 Å². The fourth-order valence-corrected chi connectivity index (χ4v) is 4.10. The molecule has 0 N–H and O–H groups in total. The molecule has 2 atom stereocenters. The Bertz CT molecular complexity index is 1050. The van der Waals surface area contributed by atoms with Crippen LogP contribution in [0.25, 0.3) is 0 Å². The van der Waals surface area contributed by atoms with Gasteiger partial charge in [0.1, 0.15) is 11.5 Å². The van der Waals surface area contributed by atoms with Crippen molar-refractivity contribution < 1.29 is 9.47 Å². The highest BCUT2D eigenvalue weighted by molar-refractivity contribution is 6.31. The summed E-state index contributed by atoms with van der Waals surface area (Å²) < 4.78 is 11.6. The number of para-hydroxylation sites is 1. The number of hydrazone groups is 1. The van der Waals surface area contributed by atoms with E-state index in [1.54, 1.807) is 7.11 Å². The van der Waals surface area contributed by atoms with Gasteiger partial charge in [0.05, 0.1) is 18.9 Å². The number of halogens is 1. The van der Waals surface area contributed by atoms with Crippen LogP contribution in [0.5, 0.6) is 11.5 Å². The summed E-state index contributed by atoms with van der Waals surface area (Å²) in [5.41, 5.74) is 4.19. The van der Waals surface area contributed by atoms with E-state index in [0.29, 0.717) is 5.02 Å². The monoisotopic (exact) mass is 390 g/mol. The van der Waals surface area contributed by atoms with E-state index in [1.807, 2.05) is 71.7 Å². The van der Waals surface area contributed by atoms with E-state index in [2.05, 4.69) is 6.07 Å². The van der Waals surface area contributed by atoms with Gasteiger partial charge >= 0.3 is 0 Å². The molecule has 0 fully saturated rings. The maximum atomic E-state index is 6.49. The molecule has 2 aliphatic heterocycles. The van der Waals surface area contributed by atoms with Crippen molar-refractivity contribution in [3.63, 3.8) is 0 Å². The normalized spacial score (nSPS) is 20.1. The molecular formula is C23H19ClN2O2. The van der Waals surface area contributed by atoms with E-state index in [4.69, 9.17) is 26.2 Å². The van der Waals surface area contributed by atoms with Crippen LogP contribution in [-0.4, -0.2) is 17.8 Å². The minimum atomic E-state index is -0.357. The van der Waals surface area contributed by atoms with Gasteiger partial charge in [-0.05, 0) is 42.0 Å². The molecular weight excluding hydrogens is 372 g/mol. The Morgan fingerprint density at radius 1 is 0.964 bits per heavy atom. The molecule has 0 amide bonds. The number of hydrogen-bond acceptors (Lipinski definition) is 4. The summed E-state index contributed by atoms with van der Waals surface area (Å²) in [6.45, 7) is 0. The number of nitrogens with zero attached hydrogens (tertiary/aromatic N) is 2. The van der Waals surface area contributed by atoms with Crippen LogP contribution in [0, 0.1) is 0 Å². The molecule has 0 saturated carbocycles. The molecule has 0 unspecified atom stereocenters. The number of ether oxygens (including phenoxy) is 2. The van der Waals surface area contributed by atoms with Crippen molar-refractivity contribution in [2.24, 2.45) is 5.10 Å². The van der Waals surface area contributed by atoms with Crippen LogP contribution in [0.3, 0.4) is 0 Å². The molecule has 5 rings (SSSR count). The largest absolute Gasteiger partial charge is 0.497 e. The van der Waals surface area contributed by atoms with Crippen molar-refractivity contribution in [3.05, 3.63) is 94.5 Å². The number of methoxy groups -OCH3 is 1. The highest BCUT2D eigenvalue weighted by Crippen LogP contribution is 2.48. The molecule has 3 aromatic carbocycles. The van der Waals surface area contributed by atoms with Gasteiger partial charge in [-0.25, -0.2) is 5.01 Å². The molecule has 0 spiro atoms. The average Bonchev–Trinajstić information content (AvgIpc) is 3.19. The summed E-state index contributed by atoms with van der Waals surface area (Å²) in [6, 6.07) is 24.1. The van der Waals surface area contributed by atoms with Crippen molar-refractivity contribution in [2.75, 3.05) is 7.11 Å². The van der Waals surface area contributed by atoms with Gasteiger partial charge in [-0.1, -0.05) is 48.0 Å². The number of fused-ring (bicyclic) bond motifs is 3. The third kappa shape index (κ3) is 2.81. The van der Waals surface area contributed by atoms with Crippen LogP contribution in [0.15, 0.2) is 77.9 Å². The van der Waals surface area contributed by atoms with Gasteiger partial charge in [-0.2, -0.15) is 5.10 Å². The maximum absolute atomic E-state index is 6.49. The van der Waals surface area contributed by atoms with E-state index in [-0.39, 0.29) is 12.3 Å². The average molecular weight is 391 g/mol. The third-order valence-corrected chi connectivity index (χ3v) is 5.64. The Morgan fingerprint density at radius 3 is 2.43 bits per heavy atom. The van der Waals surface area contributed by atoms with E-state index in [0.717, 1.165) is 40.3 Å². The minimum Gasteiger partial charge on any atom is -0.497 e. The van der Waals surface area contributed by atoms with Gasteiger partial charge in [0.25, 0.3) is 0 Å². The summed E-state index contributed by atoms with van der Waals surface area (Å²) >= 11 is 6.49. The second kappa shape index (κ2) is 6.88. The van der Waals surface area contributed by atoms with Crippen LogP contribution in [0.1, 0.15) is 35.4 Å². The zero-order chi connectivity index (χ0) is 19.1. The smallest absolute Gasteiger partial charge is 0.215 e. The molecule has 0 aromatic heterocycles. The standard InChI is InChI=1S/C23H19ClN2O2/c1-27-16-12-10-15(11-13-16)20-14-21-18-7-3-5-9-22(18)28-23(26(21)25-20)17-6-2-4-8-19(17)24/h2-13,21,23H,14H2,1H3/t21-,23+/m0/s1. The predicted octanol–water partition coefficient (Wildman–Crippen LogP) is 5.59. The van der Waals surface area contributed by atoms with E-state index >= 15 is 0 Å². The molecule has 28 heavy (non-hydrogen) atoms. The summed E-state index contributed by atoms with van der Waals surface area (Å²) in [6.07, 6.45) is 0.456. The molecule has 0 radical (unpaired) electrons. The lowest BCUT2D eigenvalue weighted by molar-refractivity contribution is -0.0189. The fraction of sp³-hybridized carbons (Fsp3) is 0.174. The first kappa shape index (κ1) is 17.1. The molecule has 5 heteroatoms. The minimum absolute atomic E-state index is 0.114. The topological polar surface area (TPSA) is 34.1 Å². The second-order valence-electron chi connectivity index (χ2n) is 6.90. The van der Waals surface area contributed by atoms with Gasteiger partial charge in [-0.15, -0.1) is 0 Å². The Labute approximate surface area is 169 Å². The van der Waals surface area contributed by atoms with Gasteiger partial charge in [0.15, 0.2) is 0 Å². The molecule has 2 heterocycles. The number of rotatable bonds is 3.